The molecular formula is C11H23NO2. The van der Waals surface area contributed by atoms with Crippen molar-refractivity contribution in [1.29, 1.82) is 0 Å². The summed E-state index contributed by atoms with van der Waals surface area (Å²) in [5.74, 6) is 0. The standard InChI is InChI=1S/C11H23NO2/c1-9(2)12(7-4-8-13)10-5-3-6-11(10)14/h9-11,13-14H,3-8H2,1-2H3. The van der Waals surface area contributed by atoms with Crippen LogP contribution < -0.4 is 0 Å². The molecule has 2 atom stereocenters. The van der Waals surface area contributed by atoms with E-state index in [4.69, 9.17) is 5.11 Å². The molecule has 0 bridgehead atoms. The first-order chi connectivity index (χ1) is 6.66. The van der Waals surface area contributed by atoms with E-state index in [2.05, 4.69) is 18.7 Å². The number of rotatable bonds is 5. The lowest BCUT2D eigenvalue weighted by molar-refractivity contribution is 0.0477. The summed E-state index contributed by atoms with van der Waals surface area (Å²) in [6.07, 6.45) is 3.82. The average molecular weight is 201 g/mol. The normalized spacial score (nSPS) is 27.9. The van der Waals surface area contributed by atoms with Gasteiger partial charge in [0, 0.05) is 25.2 Å². The van der Waals surface area contributed by atoms with Crippen LogP contribution in [-0.4, -0.2) is 46.5 Å². The molecule has 0 aliphatic heterocycles. The van der Waals surface area contributed by atoms with Crippen molar-refractivity contribution < 1.29 is 10.2 Å². The molecule has 2 unspecified atom stereocenters. The van der Waals surface area contributed by atoms with Crippen LogP contribution in [0.1, 0.15) is 39.5 Å². The van der Waals surface area contributed by atoms with E-state index in [1.165, 1.54) is 0 Å². The van der Waals surface area contributed by atoms with E-state index in [0.29, 0.717) is 12.1 Å². The lowest BCUT2D eigenvalue weighted by Crippen LogP contribution is -2.45. The molecule has 0 aromatic heterocycles. The summed E-state index contributed by atoms with van der Waals surface area (Å²) in [6.45, 7) is 5.45. The zero-order chi connectivity index (χ0) is 10.6. The molecule has 0 heterocycles. The number of hydrogen-bond donors (Lipinski definition) is 2. The van der Waals surface area contributed by atoms with E-state index in [9.17, 15) is 5.11 Å². The molecule has 1 rings (SSSR count). The summed E-state index contributed by atoms with van der Waals surface area (Å²) in [4.78, 5) is 2.33. The molecule has 2 N–H and O–H groups in total. The molecular weight excluding hydrogens is 178 g/mol. The number of aliphatic hydroxyl groups is 2. The summed E-state index contributed by atoms with van der Waals surface area (Å²) in [7, 11) is 0. The SMILES string of the molecule is CC(C)N(CCCO)C1CCCC1O. The molecule has 1 aliphatic rings. The highest BCUT2D eigenvalue weighted by Gasteiger charge is 2.31. The molecule has 1 fully saturated rings. The van der Waals surface area contributed by atoms with Gasteiger partial charge >= 0.3 is 0 Å². The van der Waals surface area contributed by atoms with Crippen molar-refractivity contribution in [2.75, 3.05) is 13.2 Å². The molecule has 84 valence electrons. The van der Waals surface area contributed by atoms with Crippen LogP contribution in [-0.2, 0) is 0 Å². The van der Waals surface area contributed by atoms with E-state index in [1.54, 1.807) is 0 Å². The van der Waals surface area contributed by atoms with Gasteiger partial charge in [0.25, 0.3) is 0 Å². The fourth-order valence-corrected chi connectivity index (χ4v) is 2.37. The van der Waals surface area contributed by atoms with Crippen LogP contribution in [0.5, 0.6) is 0 Å². The largest absolute Gasteiger partial charge is 0.396 e. The van der Waals surface area contributed by atoms with Crippen LogP contribution in [0.2, 0.25) is 0 Å². The lowest BCUT2D eigenvalue weighted by atomic mass is 10.1. The van der Waals surface area contributed by atoms with Crippen LogP contribution in [0.4, 0.5) is 0 Å². The number of hydrogen-bond acceptors (Lipinski definition) is 3. The van der Waals surface area contributed by atoms with E-state index in [0.717, 1.165) is 32.2 Å². The summed E-state index contributed by atoms with van der Waals surface area (Å²) < 4.78 is 0. The first-order valence-corrected chi connectivity index (χ1v) is 5.71. The minimum absolute atomic E-state index is 0.156. The zero-order valence-electron chi connectivity index (χ0n) is 9.32. The Bertz CT molecular complexity index is 161. The first kappa shape index (κ1) is 12.0. The van der Waals surface area contributed by atoms with Crippen molar-refractivity contribution >= 4 is 0 Å². The van der Waals surface area contributed by atoms with Gasteiger partial charge < -0.3 is 10.2 Å². The van der Waals surface area contributed by atoms with Crippen LogP contribution in [0, 0.1) is 0 Å². The Morgan fingerprint density at radius 2 is 2.07 bits per heavy atom. The van der Waals surface area contributed by atoms with Crippen molar-refractivity contribution in [1.82, 2.24) is 4.90 Å². The molecule has 0 saturated heterocycles. The second kappa shape index (κ2) is 5.69. The molecule has 0 amide bonds. The van der Waals surface area contributed by atoms with E-state index in [-0.39, 0.29) is 12.7 Å². The van der Waals surface area contributed by atoms with Crippen molar-refractivity contribution in [2.24, 2.45) is 0 Å². The summed E-state index contributed by atoms with van der Waals surface area (Å²) in [6, 6.07) is 0.779. The minimum atomic E-state index is -0.156. The molecule has 14 heavy (non-hydrogen) atoms. The topological polar surface area (TPSA) is 43.7 Å². The first-order valence-electron chi connectivity index (χ1n) is 5.71. The highest BCUT2D eigenvalue weighted by atomic mass is 16.3. The summed E-state index contributed by atoms with van der Waals surface area (Å²) in [5, 5.41) is 18.6. The van der Waals surface area contributed by atoms with Gasteiger partial charge in [-0.25, -0.2) is 0 Å². The van der Waals surface area contributed by atoms with Gasteiger partial charge in [-0.15, -0.1) is 0 Å². The van der Waals surface area contributed by atoms with Gasteiger partial charge in [-0.1, -0.05) is 0 Å². The van der Waals surface area contributed by atoms with Crippen molar-refractivity contribution in [2.45, 2.75) is 57.7 Å². The van der Waals surface area contributed by atoms with E-state index < -0.39 is 0 Å². The highest BCUT2D eigenvalue weighted by molar-refractivity contribution is 4.86. The molecule has 3 nitrogen and oxygen atoms in total. The van der Waals surface area contributed by atoms with Gasteiger partial charge in [-0.05, 0) is 39.5 Å². The monoisotopic (exact) mass is 201 g/mol. The third-order valence-corrected chi connectivity index (χ3v) is 3.11. The number of nitrogens with zero attached hydrogens (tertiary/aromatic N) is 1. The zero-order valence-corrected chi connectivity index (χ0v) is 9.32. The maximum absolute atomic E-state index is 9.80. The highest BCUT2D eigenvalue weighted by Crippen LogP contribution is 2.25. The molecule has 1 aliphatic carbocycles. The second-order valence-corrected chi connectivity index (χ2v) is 4.47. The van der Waals surface area contributed by atoms with Gasteiger partial charge in [0.1, 0.15) is 0 Å². The second-order valence-electron chi connectivity index (χ2n) is 4.47. The number of aliphatic hydroxyl groups excluding tert-OH is 2. The van der Waals surface area contributed by atoms with Crippen molar-refractivity contribution in [3.05, 3.63) is 0 Å². The van der Waals surface area contributed by atoms with Crippen molar-refractivity contribution in [3.8, 4) is 0 Å². The quantitative estimate of drug-likeness (QED) is 0.697. The third-order valence-electron chi connectivity index (χ3n) is 3.11. The Hall–Kier alpha value is -0.120. The van der Waals surface area contributed by atoms with Crippen LogP contribution in [0.3, 0.4) is 0 Å². The molecule has 3 heteroatoms. The lowest BCUT2D eigenvalue weighted by Gasteiger charge is -2.34. The Labute approximate surface area is 86.7 Å². The van der Waals surface area contributed by atoms with Crippen molar-refractivity contribution in [3.63, 3.8) is 0 Å². The van der Waals surface area contributed by atoms with Gasteiger partial charge in [0.05, 0.1) is 6.10 Å². The Morgan fingerprint density at radius 3 is 2.50 bits per heavy atom. The summed E-state index contributed by atoms with van der Waals surface area (Å²) >= 11 is 0. The molecule has 0 aromatic carbocycles. The minimum Gasteiger partial charge on any atom is -0.396 e. The predicted molar refractivity (Wildman–Crippen MR) is 57.2 cm³/mol. The van der Waals surface area contributed by atoms with Crippen LogP contribution in [0.25, 0.3) is 0 Å². The molecule has 0 spiro atoms. The maximum atomic E-state index is 9.80. The van der Waals surface area contributed by atoms with Gasteiger partial charge in [-0.3, -0.25) is 4.90 Å². The van der Waals surface area contributed by atoms with Gasteiger partial charge in [0.2, 0.25) is 0 Å². The molecule has 1 saturated carbocycles. The Morgan fingerprint density at radius 1 is 1.36 bits per heavy atom. The Balaban J connectivity index is 2.48. The average Bonchev–Trinajstić information content (AvgIpc) is 2.52. The molecule has 0 radical (unpaired) electrons. The van der Waals surface area contributed by atoms with Crippen LogP contribution in [0.15, 0.2) is 0 Å². The fourth-order valence-electron chi connectivity index (χ4n) is 2.37. The Kier molecular flexibility index (Phi) is 4.85. The molecule has 0 aromatic rings. The third kappa shape index (κ3) is 2.94. The van der Waals surface area contributed by atoms with Crippen LogP contribution >= 0.6 is 0 Å². The van der Waals surface area contributed by atoms with E-state index in [1.807, 2.05) is 0 Å². The summed E-state index contributed by atoms with van der Waals surface area (Å²) in [5.41, 5.74) is 0. The maximum Gasteiger partial charge on any atom is 0.0695 e. The smallest absolute Gasteiger partial charge is 0.0695 e. The predicted octanol–water partition coefficient (Wildman–Crippen LogP) is 0.993. The van der Waals surface area contributed by atoms with E-state index >= 15 is 0 Å². The van der Waals surface area contributed by atoms with Gasteiger partial charge in [0.15, 0.2) is 0 Å². The fraction of sp³-hybridized carbons (Fsp3) is 1.00. The van der Waals surface area contributed by atoms with Gasteiger partial charge in [-0.2, -0.15) is 0 Å².